The summed E-state index contributed by atoms with van der Waals surface area (Å²) in [5.41, 5.74) is 0.938. The molecule has 8 heteroatoms. The van der Waals surface area contributed by atoms with Gasteiger partial charge in [0.1, 0.15) is 0 Å². The quantitative estimate of drug-likeness (QED) is 0.532. The van der Waals surface area contributed by atoms with E-state index in [0.717, 1.165) is 31.5 Å². The Morgan fingerprint density at radius 2 is 1.96 bits per heavy atom. The number of nitrogens with one attached hydrogen (secondary N) is 4. The van der Waals surface area contributed by atoms with E-state index in [0.29, 0.717) is 30.5 Å². The van der Waals surface area contributed by atoms with Gasteiger partial charge in [-0.05, 0) is 50.0 Å². The number of thiocarbonyl (C=S) groups is 1. The van der Waals surface area contributed by atoms with E-state index in [-0.39, 0.29) is 29.9 Å². The SMILES string of the molecule is O=C(CC[C@@H]1CNC(=O)[C@@H]2C[C@@H](NC(=S)Nc3ccccc3)CN12)NC1CC1. The molecule has 1 aliphatic carbocycles. The molecular weight excluding hydrogens is 374 g/mol. The Labute approximate surface area is 170 Å². The van der Waals surface area contributed by atoms with Gasteiger partial charge in [-0.25, -0.2) is 0 Å². The van der Waals surface area contributed by atoms with Crippen LogP contribution in [-0.2, 0) is 9.59 Å². The van der Waals surface area contributed by atoms with Crippen LogP contribution < -0.4 is 21.3 Å². The minimum Gasteiger partial charge on any atom is -0.358 e. The van der Waals surface area contributed by atoms with Crippen molar-refractivity contribution < 1.29 is 9.59 Å². The van der Waals surface area contributed by atoms with E-state index in [9.17, 15) is 9.59 Å². The Kier molecular flexibility index (Phi) is 5.77. The van der Waals surface area contributed by atoms with Gasteiger partial charge in [0.15, 0.2) is 5.11 Å². The molecule has 1 aromatic rings. The second kappa shape index (κ2) is 8.45. The van der Waals surface area contributed by atoms with Crippen LogP contribution in [0.4, 0.5) is 5.69 Å². The second-order valence-electron chi connectivity index (χ2n) is 7.89. The molecule has 4 N–H and O–H groups in total. The van der Waals surface area contributed by atoms with Crippen LogP contribution in [0.3, 0.4) is 0 Å². The minimum atomic E-state index is -0.151. The van der Waals surface area contributed by atoms with Crippen LogP contribution in [-0.4, -0.2) is 59.1 Å². The summed E-state index contributed by atoms with van der Waals surface area (Å²) in [4.78, 5) is 26.6. The van der Waals surface area contributed by atoms with Crippen molar-refractivity contribution in [3.05, 3.63) is 30.3 Å². The molecular formula is C20H27N5O2S. The molecule has 0 bridgehead atoms. The van der Waals surface area contributed by atoms with Gasteiger partial charge >= 0.3 is 0 Å². The number of anilines is 1. The van der Waals surface area contributed by atoms with Crippen molar-refractivity contribution >= 4 is 34.8 Å². The van der Waals surface area contributed by atoms with Gasteiger partial charge in [-0.3, -0.25) is 14.5 Å². The Bertz CT molecular complexity index is 739. The summed E-state index contributed by atoms with van der Waals surface area (Å²) in [6, 6.07) is 10.3. The van der Waals surface area contributed by atoms with Gasteiger partial charge in [0.2, 0.25) is 11.8 Å². The van der Waals surface area contributed by atoms with E-state index >= 15 is 0 Å². The Balaban J connectivity index is 1.29. The maximum absolute atomic E-state index is 12.3. The highest BCUT2D eigenvalue weighted by Gasteiger charge is 2.43. The van der Waals surface area contributed by atoms with Crippen LogP contribution in [0, 0.1) is 0 Å². The first-order valence-corrected chi connectivity index (χ1v) is 10.4. The number of carbonyl (C=O) groups excluding carboxylic acids is 2. The van der Waals surface area contributed by atoms with Crippen LogP contribution in [0.25, 0.3) is 0 Å². The van der Waals surface area contributed by atoms with E-state index < -0.39 is 0 Å². The van der Waals surface area contributed by atoms with Crippen LogP contribution in [0.5, 0.6) is 0 Å². The number of benzene rings is 1. The van der Waals surface area contributed by atoms with Gasteiger partial charge in [-0.1, -0.05) is 18.2 Å². The fourth-order valence-corrected chi connectivity index (χ4v) is 4.33. The van der Waals surface area contributed by atoms with Crippen LogP contribution in [0.2, 0.25) is 0 Å². The summed E-state index contributed by atoms with van der Waals surface area (Å²) >= 11 is 5.43. The van der Waals surface area contributed by atoms with Crippen molar-refractivity contribution in [2.24, 2.45) is 0 Å². The van der Waals surface area contributed by atoms with Crippen molar-refractivity contribution in [2.45, 2.75) is 56.3 Å². The number of carbonyl (C=O) groups is 2. The Hall–Kier alpha value is -2.19. The van der Waals surface area contributed by atoms with Gasteiger partial charge in [0.25, 0.3) is 0 Å². The van der Waals surface area contributed by atoms with Crippen molar-refractivity contribution in [2.75, 3.05) is 18.4 Å². The predicted molar refractivity (Wildman–Crippen MR) is 112 cm³/mol. The molecule has 4 rings (SSSR count). The number of hydrogen-bond donors (Lipinski definition) is 4. The average molecular weight is 402 g/mol. The van der Waals surface area contributed by atoms with E-state index in [1.807, 2.05) is 30.3 Å². The maximum Gasteiger partial charge on any atom is 0.237 e. The molecule has 7 nitrogen and oxygen atoms in total. The number of amides is 2. The number of para-hydroxylation sites is 1. The molecule has 2 saturated heterocycles. The summed E-state index contributed by atoms with van der Waals surface area (Å²) < 4.78 is 0. The first-order chi connectivity index (χ1) is 13.6. The third kappa shape index (κ3) is 4.80. The van der Waals surface area contributed by atoms with Crippen molar-refractivity contribution in [3.63, 3.8) is 0 Å². The van der Waals surface area contributed by atoms with Gasteiger partial charge in [-0.2, -0.15) is 0 Å². The zero-order valence-corrected chi connectivity index (χ0v) is 16.6. The number of fused-ring (bicyclic) bond motifs is 1. The fraction of sp³-hybridized carbons (Fsp3) is 0.550. The predicted octanol–water partition coefficient (Wildman–Crippen LogP) is 0.973. The third-order valence-corrected chi connectivity index (χ3v) is 5.86. The highest BCUT2D eigenvalue weighted by molar-refractivity contribution is 7.80. The lowest BCUT2D eigenvalue weighted by Gasteiger charge is -2.37. The van der Waals surface area contributed by atoms with Gasteiger partial charge in [0, 0.05) is 43.3 Å². The third-order valence-electron chi connectivity index (χ3n) is 5.64. The van der Waals surface area contributed by atoms with E-state index in [1.54, 1.807) is 0 Å². The summed E-state index contributed by atoms with van der Waals surface area (Å²) in [7, 11) is 0. The molecule has 1 saturated carbocycles. The summed E-state index contributed by atoms with van der Waals surface area (Å²) in [5.74, 6) is 0.197. The topological polar surface area (TPSA) is 85.5 Å². The second-order valence-corrected chi connectivity index (χ2v) is 8.30. The number of hydrogen-bond acceptors (Lipinski definition) is 4. The Morgan fingerprint density at radius 3 is 2.71 bits per heavy atom. The molecule has 3 aliphatic rings. The first-order valence-electron chi connectivity index (χ1n) is 10.0. The molecule has 2 aliphatic heterocycles. The molecule has 0 spiro atoms. The summed E-state index contributed by atoms with van der Waals surface area (Å²) in [6.07, 6.45) is 4.18. The summed E-state index contributed by atoms with van der Waals surface area (Å²) in [5, 5.41) is 13.1. The van der Waals surface area contributed by atoms with Crippen molar-refractivity contribution in [3.8, 4) is 0 Å². The van der Waals surface area contributed by atoms with E-state index in [2.05, 4.69) is 26.2 Å². The number of nitrogens with zero attached hydrogens (tertiary/aromatic N) is 1. The van der Waals surface area contributed by atoms with Gasteiger partial charge < -0.3 is 21.3 Å². The molecule has 3 atom stereocenters. The zero-order valence-electron chi connectivity index (χ0n) is 15.8. The van der Waals surface area contributed by atoms with E-state index in [1.165, 1.54) is 0 Å². The van der Waals surface area contributed by atoms with E-state index in [4.69, 9.17) is 12.2 Å². The smallest absolute Gasteiger partial charge is 0.237 e. The number of piperazine rings is 1. The number of rotatable bonds is 6. The van der Waals surface area contributed by atoms with Crippen LogP contribution in [0.1, 0.15) is 32.1 Å². The van der Waals surface area contributed by atoms with Gasteiger partial charge in [-0.15, -0.1) is 0 Å². The molecule has 0 aromatic heterocycles. The lowest BCUT2D eigenvalue weighted by molar-refractivity contribution is -0.129. The van der Waals surface area contributed by atoms with Crippen molar-refractivity contribution in [1.82, 2.24) is 20.9 Å². The molecule has 2 amide bonds. The molecule has 2 heterocycles. The highest BCUT2D eigenvalue weighted by Crippen LogP contribution is 2.26. The molecule has 3 fully saturated rings. The molecule has 150 valence electrons. The molecule has 0 unspecified atom stereocenters. The summed E-state index contributed by atoms with van der Waals surface area (Å²) in [6.45, 7) is 1.36. The molecule has 1 aromatic carbocycles. The Morgan fingerprint density at radius 1 is 1.18 bits per heavy atom. The standard InChI is InChI=1S/C20H27N5O2S/c26-18(22-14-6-7-14)9-8-16-11-21-19(27)17-10-15(12-25(16)17)24-20(28)23-13-4-2-1-3-5-13/h1-5,14-17H,6-12H2,(H,21,27)(H,22,26)(H2,23,24,28)/t15-,16-,17+/m1/s1. The lowest BCUT2D eigenvalue weighted by atomic mass is 10.0. The largest absolute Gasteiger partial charge is 0.358 e. The monoisotopic (exact) mass is 401 g/mol. The van der Waals surface area contributed by atoms with Crippen LogP contribution in [0.15, 0.2) is 30.3 Å². The average Bonchev–Trinajstić information content (AvgIpc) is 3.38. The van der Waals surface area contributed by atoms with Gasteiger partial charge in [0.05, 0.1) is 6.04 Å². The maximum atomic E-state index is 12.3. The van der Waals surface area contributed by atoms with Crippen LogP contribution >= 0.6 is 12.2 Å². The fourth-order valence-electron chi connectivity index (χ4n) is 4.05. The first kappa shape index (κ1) is 19.1. The highest BCUT2D eigenvalue weighted by atomic mass is 32.1. The van der Waals surface area contributed by atoms with Crippen molar-refractivity contribution in [1.29, 1.82) is 0 Å². The zero-order chi connectivity index (χ0) is 19.5. The minimum absolute atomic E-state index is 0.0740. The molecule has 0 radical (unpaired) electrons. The molecule has 28 heavy (non-hydrogen) atoms. The normalized spacial score (nSPS) is 26.9. The lowest BCUT2D eigenvalue weighted by Crippen LogP contribution is -2.58.